The highest BCUT2D eigenvalue weighted by molar-refractivity contribution is 7.98. The first kappa shape index (κ1) is 29.9. The van der Waals surface area contributed by atoms with Crippen LogP contribution >= 0.6 is 11.8 Å². The molecule has 0 spiro atoms. The van der Waals surface area contributed by atoms with Gasteiger partial charge in [-0.15, -0.1) is 0 Å². The normalized spacial score (nSPS) is 15.1. The smallest absolute Gasteiger partial charge is 0.326 e. The largest absolute Gasteiger partial charge is 0.480 e. The van der Waals surface area contributed by atoms with E-state index in [1.807, 2.05) is 0 Å². The molecule has 9 N–H and O–H groups in total. The van der Waals surface area contributed by atoms with Crippen molar-refractivity contribution >= 4 is 41.4 Å². The summed E-state index contributed by atoms with van der Waals surface area (Å²) in [4.78, 5) is 61.1. The lowest BCUT2D eigenvalue weighted by Gasteiger charge is -2.25. The van der Waals surface area contributed by atoms with E-state index in [2.05, 4.69) is 16.0 Å². The van der Waals surface area contributed by atoms with E-state index >= 15 is 0 Å². The molecule has 0 saturated carbocycles. The lowest BCUT2D eigenvalue weighted by Crippen LogP contribution is -2.58. The number of benzene rings is 1. The van der Waals surface area contributed by atoms with E-state index in [1.165, 1.54) is 18.7 Å². The van der Waals surface area contributed by atoms with Gasteiger partial charge in [0.25, 0.3) is 0 Å². The average Bonchev–Trinajstić information content (AvgIpc) is 2.80. The number of nitrogens with two attached hydrogens (primary N) is 2. The Morgan fingerprint density at radius 3 is 2.00 bits per heavy atom. The number of rotatable bonds is 15. The highest BCUT2D eigenvalue weighted by atomic mass is 32.2. The minimum atomic E-state index is -1.45. The Morgan fingerprint density at radius 1 is 0.943 bits per heavy atom. The molecule has 0 heterocycles. The molecule has 1 aromatic carbocycles. The molecule has 4 amide bonds. The maximum atomic E-state index is 12.9. The minimum Gasteiger partial charge on any atom is -0.480 e. The summed E-state index contributed by atoms with van der Waals surface area (Å²) in [6.07, 6.45) is 0.181. The predicted octanol–water partition coefficient (Wildman–Crippen LogP) is -1.90. The third kappa shape index (κ3) is 10.8. The Balaban J connectivity index is 2.99. The second-order valence-electron chi connectivity index (χ2n) is 7.93. The third-order valence-electron chi connectivity index (χ3n) is 5.00. The summed E-state index contributed by atoms with van der Waals surface area (Å²) >= 11 is 1.40. The van der Waals surface area contributed by atoms with Crippen LogP contribution in [-0.2, 0) is 30.4 Å². The Kier molecular flexibility index (Phi) is 12.8. The maximum Gasteiger partial charge on any atom is 0.326 e. The van der Waals surface area contributed by atoms with Crippen LogP contribution in [0.5, 0.6) is 0 Å². The van der Waals surface area contributed by atoms with Crippen molar-refractivity contribution in [1.29, 1.82) is 0 Å². The van der Waals surface area contributed by atoms with Gasteiger partial charge < -0.3 is 37.6 Å². The Bertz CT molecular complexity index is 884. The summed E-state index contributed by atoms with van der Waals surface area (Å²) in [6, 6.07) is 3.52. The summed E-state index contributed by atoms with van der Waals surface area (Å²) in [6.45, 7) is 1.28. The first-order valence-electron chi connectivity index (χ1n) is 10.8. The third-order valence-corrected chi connectivity index (χ3v) is 5.65. The van der Waals surface area contributed by atoms with Crippen LogP contribution in [0, 0.1) is 0 Å². The standard InChI is InChI=1S/C22H33N5O7S/c1-12(28)18(24)21(32)26-15(11-17(23)29)20(31)25-14(8-9-35-2)19(30)27-16(22(33)34)10-13-6-4-3-5-7-13/h3-7,12,14-16,18,28H,8-11,24H2,1-2H3,(H2,23,29)(H,25,31)(H,26,32)(H,27,30)(H,33,34). The van der Waals surface area contributed by atoms with Gasteiger partial charge in [-0.3, -0.25) is 19.2 Å². The Morgan fingerprint density at radius 2 is 1.49 bits per heavy atom. The molecule has 0 saturated heterocycles. The summed E-state index contributed by atoms with van der Waals surface area (Å²) in [5.41, 5.74) is 11.5. The Hall–Kier alpha value is -3.16. The van der Waals surface area contributed by atoms with Gasteiger partial charge >= 0.3 is 5.97 Å². The molecule has 5 atom stereocenters. The monoisotopic (exact) mass is 511 g/mol. The van der Waals surface area contributed by atoms with Crippen molar-refractivity contribution in [2.75, 3.05) is 12.0 Å². The number of thioether (sulfide) groups is 1. The van der Waals surface area contributed by atoms with Gasteiger partial charge in [0.2, 0.25) is 23.6 Å². The number of aliphatic carboxylic acids is 1. The minimum absolute atomic E-state index is 0.0305. The first-order valence-corrected chi connectivity index (χ1v) is 12.2. The maximum absolute atomic E-state index is 12.9. The van der Waals surface area contributed by atoms with E-state index in [4.69, 9.17) is 11.5 Å². The molecule has 1 aromatic rings. The molecule has 12 nitrogen and oxygen atoms in total. The van der Waals surface area contributed by atoms with Gasteiger partial charge in [-0.25, -0.2) is 4.79 Å². The fraction of sp³-hybridized carbons (Fsp3) is 0.500. The summed E-state index contributed by atoms with van der Waals surface area (Å²) in [5, 5.41) is 26.2. The average molecular weight is 512 g/mol. The van der Waals surface area contributed by atoms with Gasteiger partial charge in [-0.05, 0) is 30.9 Å². The van der Waals surface area contributed by atoms with Gasteiger partial charge in [0.05, 0.1) is 12.5 Å². The van der Waals surface area contributed by atoms with Crippen molar-refractivity contribution in [1.82, 2.24) is 16.0 Å². The zero-order chi connectivity index (χ0) is 26.5. The van der Waals surface area contributed by atoms with Crippen molar-refractivity contribution in [2.24, 2.45) is 11.5 Å². The zero-order valence-electron chi connectivity index (χ0n) is 19.6. The molecule has 0 aliphatic rings. The van der Waals surface area contributed by atoms with Crippen molar-refractivity contribution < 1.29 is 34.2 Å². The summed E-state index contributed by atoms with van der Waals surface area (Å²) in [5.74, 6) is -4.20. The van der Waals surface area contributed by atoms with Gasteiger partial charge in [-0.2, -0.15) is 11.8 Å². The number of nitrogens with one attached hydrogen (secondary N) is 3. The molecule has 0 fully saturated rings. The van der Waals surface area contributed by atoms with Crippen molar-refractivity contribution in [2.45, 2.75) is 56.5 Å². The molecule has 194 valence electrons. The summed E-state index contributed by atoms with van der Waals surface area (Å²) in [7, 11) is 0. The highest BCUT2D eigenvalue weighted by Gasteiger charge is 2.31. The van der Waals surface area contributed by atoms with Crippen LogP contribution in [-0.4, -0.2) is 82.1 Å². The topological polar surface area (TPSA) is 214 Å². The van der Waals surface area contributed by atoms with E-state index in [1.54, 1.807) is 36.6 Å². The molecule has 13 heteroatoms. The van der Waals surface area contributed by atoms with E-state index in [0.29, 0.717) is 11.3 Å². The highest BCUT2D eigenvalue weighted by Crippen LogP contribution is 2.07. The fourth-order valence-corrected chi connectivity index (χ4v) is 3.47. The van der Waals surface area contributed by atoms with Gasteiger partial charge in [0, 0.05) is 6.42 Å². The van der Waals surface area contributed by atoms with Crippen LogP contribution in [0.25, 0.3) is 0 Å². The molecule has 1 rings (SSSR count). The number of carbonyl (C=O) groups is 5. The van der Waals surface area contributed by atoms with E-state index in [-0.39, 0.29) is 12.8 Å². The molecule has 0 aliphatic heterocycles. The summed E-state index contributed by atoms with van der Waals surface area (Å²) < 4.78 is 0. The van der Waals surface area contributed by atoms with Crippen LogP contribution in [0.15, 0.2) is 30.3 Å². The molecule has 0 aromatic heterocycles. The molecule has 0 radical (unpaired) electrons. The number of primary amides is 1. The van der Waals surface area contributed by atoms with Crippen LogP contribution in [0.2, 0.25) is 0 Å². The lowest BCUT2D eigenvalue weighted by molar-refractivity contribution is -0.142. The quantitative estimate of drug-likeness (QED) is 0.140. The van der Waals surface area contributed by atoms with Crippen LogP contribution in [0.4, 0.5) is 0 Å². The van der Waals surface area contributed by atoms with Crippen LogP contribution in [0.1, 0.15) is 25.3 Å². The molecule has 0 bridgehead atoms. The number of carboxylic acid groups (broad SMARTS) is 1. The van der Waals surface area contributed by atoms with Crippen LogP contribution in [0.3, 0.4) is 0 Å². The number of aliphatic hydroxyl groups excluding tert-OH is 1. The number of hydrogen-bond donors (Lipinski definition) is 7. The second-order valence-corrected chi connectivity index (χ2v) is 8.92. The first-order chi connectivity index (χ1) is 16.5. The van der Waals surface area contributed by atoms with E-state index in [0.717, 1.165) is 0 Å². The van der Waals surface area contributed by atoms with Gasteiger partial charge in [0.15, 0.2) is 0 Å². The number of carboxylic acids is 1. The predicted molar refractivity (Wildman–Crippen MR) is 130 cm³/mol. The number of hydrogen-bond acceptors (Lipinski definition) is 8. The van der Waals surface area contributed by atoms with E-state index in [9.17, 15) is 34.2 Å². The lowest BCUT2D eigenvalue weighted by atomic mass is 10.0. The number of amides is 4. The number of carbonyl (C=O) groups excluding carboxylic acids is 4. The van der Waals surface area contributed by atoms with Crippen molar-refractivity contribution in [3.8, 4) is 0 Å². The van der Waals surface area contributed by atoms with Gasteiger partial charge in [0.1, 0.15) is 24.2 Å². The fourth-order valence-electron chi connectivity index (χ4n) is 3.00. The van der Waals surface area contributed by atoms with Gasteiger partial charge in [-0.1, -0.05) is 30.3 Å². The van der Waals surface area contributed by atoms with Crippen LogP contribution < -0.4 is 27.4 Å². The second kappa shape index (κ2) is 15.0. The van der Waals surface area contributed by atoms with Crippen molar-refractivity contribution in [3.63, 3.8) is 0 Å². The molecule has 35 heavy (non-hydrogen) atoms. The molecular formula is C22H33N5O7S. The molecule has 5 unspecified atom stereocenters. The molecule has 0 aliphatic carbocycles. The van der Waals surface area contributed by atoms with E-state index < -0.39 is 66.3 Å². The number of aliphatic hydroxyl groups is 1. The zero-order valence-corrected chi connectivity index (χ0v) is 20.4. The molecular weight excluding hydrogens is 478 g/mol. The van der Waals surface area contributed by atoms with Crippen molar-refractivity contribution in [3.05, 3.63) is 35.9 Å². The SMILES string of the molecule is CSCCC(NC(=O)C(CC(N)=O)NC(=O)C(N)C(C)O)C(=O)NC(Cc1ccccc1)C(=O)O. The Labute approximate surface area is 207 Å².